The zero-order valence-corrected chi connectivity index (χ0v) is 9.75. The second-order valence-corrected chi connectivity index (χ2v) is 3.61. The number of halogens is 5. The molecule has 0 saturated carbocycles. The second kappa shape index (κ2) is 5.99. The SMILES string of the molecule is NCc1c(CC(=O)O)cc(C(F)F)nc1OC(F)(F)F. The van der Waals surface area contributed by atoms with Gasteiger partial charge in [-0.3, -0.25) is 4.79 Å². The molecule has 10 heteroatoms. The van der Waals surface area contributed by atoms with Crippen LogP contribution in [0.15, 0.2) is 6.07 Å². The van der Waals surface area contributed by atoms with Gasteiger partial charge in [0, 0.05) is 12.1 Å². The van der Waals surface area contributed by atoms with Gasteiger partial charge in [-0.2, -0.15) is 0 Å². The number of carboxylic acids is 1. The molecule has 112 valence electrons. The molecule has 0 aliphatic carbocycles. The largest absolute Gasteiger partial charge is 0.574 e. The zero-order valence-electron chi connectivity index (χ0n) is 9.75. The first-order valence-electron chi connectivity index (χ1n) is 5.12. The fourth-order valence-corrected chi connectivity index (χ4v) is 1.46. The average molecular weight is 300 g/mol. The Hall–Kier alpha value is -1.97. The molecule has 0 saturated heterocycles. The molecular formula is C10H9F5N2O3. The number of alkyl halides is 5. The van der Waals surface area contributed by atoms with Gasteiger partial charge in [0.1, 0.15) is 5.69 Å². The Morgan fingerprint density at radius 2 is 2.05 bits per heavy atom. The van der Waals surface area contributed by atoms with Gasteiger partial charge in [0.15, 0.2) is 0 Å². The predicted molar refractivity (Wildman–Crippen MR) is 55.1 cm³/mol. The summed E-state index contributed by atoms with van der Waals surface area (Å²) in [5.41, 5.74) is 3.51. The fraction of sp³-hybridized carbons (Fsp3) is 0.400. The molecule has 0 atom stereocenters. The van der Waals surface area contributed by atoms with Gasteiger partial charge >= 0.3 is 12.3 Å². The third-order valence-electron chi connectivity index (χ3n) is 2.18. The molecule has 3 N–H and O–H groups in total. The smallest absolute Gasteiger partial charge is 0.481 e. The molecule has 0 aliphatic heterocycles. The lowest BCUT2D eigenvalue weighted by atomic mass is 10.1. The number of rotatable bonds is 5. The molecule has 0 radical (unpaired) electrons. The van der Waals surface area contributed by atoms with Crippen LogP contribution in [0, 0.1) is 0 Å². The lowest BCUT2D eigenvalue weighted by molar-refractivity contribution is -0.276. The van der Waals surface area contributed by atoms with E-state index in [1.807, 2.05) is 0 Å². The van der Waals surface area contributed by atoms with E-state index < -0.39 is 43.3 Å². The van der Waals surface area contributed by atoms with Gasteiger partial charge in [-0.1, -0.05) is 0 Å². The lowest BCUT2D eigenvalue weighted by Gasteiger charge is -2.15. The van der Waals surface area contributed by atoms with E-state index in [1.54, 1.807) is 0 Å². The molecule has 0 bridgehead atoms. The molecule has 1 heterocycles. The third-order valence-corrected chi connectivity index (χ3v) is 2.18. The number of aliphatic carboxylic acids is 1. The number of carbonyl (C=O) groups is 1. The van der Waals surface area contributed by atoms with E-state index in [2.05, 4.69) is 9.72 Å². The minimum Gasteiger partial charge on any atom is -0.481 e. The third kappa shape index (κ3) is 4.30. The van der Waals surface area contributed by atoms with Crippen LogP contribution in [0.1, 0.15) is 23.2 Å². The van der Waals surface area contributed by atoms with Crippen molar-refractivity contribution in [3.05, 3.63) is 22.9 Å². The standard InChI is InChI=1S/C10H9F5N2O3/c11-8(12)6-1-4(2-7(18)19)5(3-16)9(17-6)20-10(13,14)15/h1,8H,2-3,16H2,(H,18,19). The molecule has 0 aliphatic rings. The van der Waals surface area contributed by atoms with Crippen molar-refractivity contribution in [2.75, 3.05) is 0 Å². The maximum Gasteiger partial charge on any atom is 0.574 e. The Bertz CT molecular complexity index is 504. The molecule has 0 unspecified atom stereocenters. The van der Waals surface area contributed by atoms with E-state index in [0.29, 0.717) is 6.07 Å². The highest BCUT2D eigenvalue weighted by atomic mass is 19.4. The van der Waals surface area contributed by atoms with E-state index in [1.165, 1.54) is 0 Å². The van der Waals surface area contributed by atoms with Gasteiger partial charge in [-0.05, 0) is 11.6 Å². The van der Waals surface area contributed by atoms with Crippen LogP contribution in [0.5, 0.6) is 5.88 Å². The number of carboxylic acid groups (broad SMARTS) is 1. The summed E-state index contributed by atoms with van der Waals surface area (Å²) in [5.74, 6) is -2.57. The van der Waals surface area contributed by atoms with Crippen LogP contribution >= 0.6 is 0 Å². The highest BCUT2D eigenvalue weighted by Gasteiger charge is 2.34. The molecular weight excluding hydrogens is 291 g/mol. The fourth-order valence-electron chi connectivity index (χ4n) is 1.46. The van der Waals surface area contributed by atoms with Crippen molar-refractivity contribution in [3.63, 3.8) is 0 Å². The number of ether oxygens (including phenoxy) is 1. The zero-order chi connectivity index (χ0) is 15.5. The van der Waals surface area contributed by atoms with Crippen LogP contribution in [0.3, 0.4) is 0 Å². The van der Waals surface area contributed by atoms with E-state index in [-0.39, 0.29) is 11.1 Å². The first kappa shape index (κ1) is 16.1. The molecule has 0 aromatic carbocycles. The van der Waals surface area contributed by atoms with Gasteiger partial charge in [0.2, 0.25) is 5.88 Å². The molecule has 1 aromatic heterocycles. The summed E-state index contributed by atoms with van der Waals surface area (Å²) < 4.78 is 65.2. The molecule has 5 nitrogen and oxygen atoms in total. The van der Waals surface area contributed by atoms with Crippen molar-refractivity contribution >= 4 is 5.97 Å². The Morgan fingerprint density at radius 1 is 1.45 bits per heavy atom. The summed E-state index contributed by atoms with van der Waals surface area (Å²) in [7, 11) is 0. The summed E-state index contributed by atoms with van der Waals surface area (Å²) >= 11 is 0. The Labute approximate surface area is 109 Å². The number of nitrogens with two attached hydrogens (primary N) is 1. The molecule has 0 fully saturated rings. The van der Waals surface area contributed by atoms with Crippen molar-refractivity contribution in [2.24, 2.45) is 5.73 Å². The first-order valence-corrected chi connectivity index (χ1v) is 5.12. The average Bonchev–Trinajstić information content (AvgIpc) is 2.25. The van der Waals surface area contributed by atoms with Gasteiger partial charge in [0.05, 0.1) is 6.42 Å². The minimum absolute atomic E-state index is 0.301. The number of pyridine rings is 1. The van der Waals surface area contributed by atoms with E-state index in [9.17, 15) is 26.7 Å². The van der Waals surface area contributed by atoms with Crippen molar-refractivity contribution in [2.45, 2.75) is 25.8 Å². The van der Waals surface area contributed by atoms with E-state index >= 15 is 0 Å². The molecule has 0 amide bonds. The van der Waals surface area contributed by atoms with Gasteiger partial charge < -0.3 is 15.6 Å². The van der Waals surface area contributed by atoms with Crippen LogP contribution < -0.4 is 10.5 Å². The van der Waals surface area contributed by atoms with Gasteiger partial charge in [-0.15, -0.1) is 13.2 Å². The number of aromatic nitrogens is 1. The lowest BCUT2D eigenvalue weighted by Crippen LogP contribution is -2.21. The van der Waals surface area contributed by atoms with Crippen LogP contribution in [0.4, 0.5) is 22.0 Å². The van der Waals surface area contributed by atoms with Crippen molar-refractivity contribution in [3.8, 4) is 5.88 Å². The molecule has 1 rings (SSSR count). The van der Waals surface area contributed by atoms with Crippen LogP contribution in [-0.4, -0.2) is 22.4 Å². The topological polar surface area (TPSA) is 85.4 Å². The Morgan fingerprint density at radius 3 is 2.45 bits per heavy atom. The second-order valence-electron chi connectivity index (χ2n) is 3.61. The predicted octanol–water partition coefficient (Wildman–Crippen LogP) is 2.00. The maximum atomic E-state index is 12.6. The van der Waals surface area contributed by atoms with E-state index in [0.717, 1.165) is 0 Å². The Kier molecular flexibility index (Phi) is 4.82. The van der Waals surface area contributed by atoms with Gasteiger partial charge in [0.25, 0.3) is 6.43 Å². The summed E-state index contributed by atoms with van der Waals surface area (Å²) in [6, 6.07) is 0.699. The highest BCUT2D eigenvalue weighted by molar-refractivity contribution is 5.71. The van der Waals surface area contributed by atoms with Crippen molar-refractivity contribution in [1.29, 1.82) is 0 Å². The molecule has 1 aromatic rings. The van der Waals surface area contributed by atoms with Crippen LogP contribution in [-0.2, 0) is 17.8 Å². The van der Waals surface area contributed by atoms with Crippen LogP contribution in [0.2, 0.25) is 0 Å². The summed E-state index contributed by atoms with van der Waals surface area (Å²) in [5, 5.41) is 8.63. The maximum absolute atomic E-state index is 12.6. The van der Waals surface area contributed by atoms with Gasteiger partial charge in [-0.25, -0.2) is 13.8 Å². The number of nitrogens with zero attached hydrogens (tertiary/aromatic N) is 1. The quantitative estimate of drug-likeness (QED) is 0.812. The van der Waals surface area contributed by atoms with E-state index in [4.69, 9.17) is 10.8 Å². The summed E-state index contributed by atoms with van der Waals surface area (Å²) in [6.07, 6.45) is -9.11. The first-order chi connectivity index (χ1) is 9.14. The summed E-state index contributed by atoms with van der Waals surface area (Å²) in [6.45, 7) is -0.537. The number of hydrogen-bond donors (Lipinski definition) is 2. The normalized spacial score (nSPS) is 11.8. The summed E-state index contributed by atoms with van der Waals surface area (Å²) in [4.78, 5) is 13.6. The minimum atomic E-state index is -5.15. The monoisotopic (exact) mass is 300 g/mol. The molecule has 20 heavy (non-hydrogen) atoms. The Balaban J connectivity index is 3.38. The molecule has 0 spiro atoms. The van der Waals surface area contributed by atoms with Crippen molar-refractivity contribution in [1.82, 2.24) is 4.98 Å². The number of hydrogen-bond acceptors (Lipinski definition) is 4. The highest BCUT2D eigenvalue weighted by Crippen LogP contribution is 2.30. The van der Waals surface area contributed by atoms with Crippen molar-refractivity contribution < 1.29 is 36.6 Å². The van der Waals surface area contributed by atoms with Crippen LogP contribution in [0.25, 0.3) is 0 Å².